The van der Waals surface area contributed by atoms with E-state index in [2.05, 4.69) is 16.9 Å². The summed E-state index contributed by atoms with van der Waals surface area (Å²) in [4.78, 5) is 30.6. The van der Waals surface area contributed by atoms with Gasteiger partial charge in [-0.15, -0.1) is 11.3 Å². The van der Waals surface area contributed by atoms with Crippen LogP contribution in [0.25, 0.3) is 5.69 Å². The van der Waals surface area contributed by atoms with Gasteiger partial charge in [-0.05, 0) is 42.3 Å². The van der Waals surface area contributed by atoms with Gasteiger partial charge >= 0.3 is 24.1 Å². The Kier molecular flexibility index (Phi) is 7.25. The standard InChI is InChI=1S/C24H13F7N4O3S/c1-33(16-4-2-15(25)3-5-16)22(37)38-20-18(24(29,30)31)10-14(23(26,27)28)11-19(20)35-9-8-34(21(35)36)7-6-17-12-32-13-39-17/h2-5,8-13H,1H3. The van der Waals surface area contributed by atoms with Crippen molar-refractivity contribution in [1.29, 1.82) is 0 Å². The van der Waals surface area contributed by atoms with Gasteiger partial charge in [0.1, 0.15) is 11.4 Å². The summed E-state index contributed by atoms with van der Waals surface area (Å²) >= 11 is 1.13. The molecule has 15 heteroatoms. The third kappa shape index (κ3) is 5.96. The van der Waals surface area contributed by atoms with Crippen LogP contribution >= 0.6 is 11.3 Å². The Morgan fingerprint density at radius 1 is 1.05 bits per heavy atom. The van der Waals surface area contributed by atoms with E-state index in [4.69, 9.17) is 4.74 Å². The molecular formula is C24H13F7N4O3S. The highest BCUT2D eigenvalue weighted by atomic mass is 32.1. The molecule has 0 saturated carbocycles. The minimum Gasteiger partial charge on any atom is -0.407 e. The summed E-state index contributed by atoms with van der Waals surface area (Å²) in [5.41, 5.74) is -4.38. The molecule has 2 aromatic heterocycles. The van der Waals surface area contributed by atoms with E-state index in [0.29, 0.717) is 14.3 Å². The first kappa shape index (κ1) is 27.5. The number of anilines is 1. The number of carbonyl (C=O) groups excluding carboxylic acids is 1. The zero-order chi connectivity index (χ0) is 28.5. The first-order valence-corrected chi connectivity index (χ1v) is 11.4. The lowest BCUT2D eigenvalue weighted by Gasteiger charge is -2.22. The van der Waals surface area contributed by atoms with Crippen LogP contribution in [0.2, 0.25) is 0 Å². The summed E-state index contributed by atoms with van der Waals surface area (Å²) in [5.74, 6) is 0.562. The van der Waals surface area contributed by atoms with Gasteiger partial charge in [-0.1, -0.05) is 0 Å². The van der Waals surface area contributed by atoms with Gasteiger partial charge in [-0.2, -0.15) is 26.3 Å². The molecule has 0 saturated heterocycles. The molecule has 39 heavy (non-hydrogen) atoms. The number of nitrogens with zero attached hydrogens (tertiary/aromatic N) is 4. The largest absolute Gasteiger partial charge is 0.420 e. The van der Waals surface area contributed by atoms with Crippen molar-refractivity contribution < 1.29 is 40.3 Å². The van der Waals surface area contributed by atoms with E-state index in [1.165, 1.54) is 11.7 Å². The van der Waals surface area contributed by atoms with Gasteiger partial charge < -0.3 is 4.74 Å². The van der Waals surface area contributed by atoms with E-state index >= 15 is 0 Å². The molecule has 0 aliphatic rings. The van der Waals surface area contributed by atoms with Crippen molar-refractivity contribution in [2.45, 2.75) is 12.4 Å². The minimum atomic E-state index is -5.43. The van der Waals surface area contributed by atoms with Crippen molar-refractivity contribution in [3.05, 3.63) is 92.8 Å². The Morgan fingerprint density at radius 2 is 1.74 bits per heavy atom. The van der Waals surface area contributed by atoms with Crippen LogP contribution in [0.15, 0.2) is 65.3 Å². The molecule has 2 heterocycles. The molecular weight excluding hydrogens is 557 g/mol. The van der Waals surface area contributed by atoms with Crippen LogP contribution in [-0.2, 0) is 12.4 Å². The highest BCUT2D eigenvalue weighted by Crippen LogP contribution is 2.44. The minimum absolute atomic E-state index is 0.00471. The second-order valence-corrected chi connectivity index (χ2v) is 8.58. The second-order valence-electron chi connectivity index (χ2n) is 7.69. The van der Waals surface area contributed by atoms with Crippen molar-refractivity contribution in [3.63, 3.8) is 0 Å². The van der Waals surface area contributed by atoms with E-state index < -0.39 is 52.5 Å². The van der Waals surface area contributed by atoms with Crippen molar-refractivity contribution in [2.75, 3.05) is 11.9 Å². The number of alkyl halides is 6. The number of carbonyl (C=O) groups is 1. The smallest absolute Gasteiger partial charge is 0.407 e. The molecule has 0 fully saturated rings. The number of amides is 1. The maximum Gasteiger partial charge on any atom is 0.420 e. The predicted octanol–water partition coefficient (Wildman–Crippen LogP) is 5.76. The van der Waals surface area contributed by atoms with Gasteiger partial charge in [0, 0.05) is 31.2 Å². The molecule has 0 spiro atoms. The summed E-state index contributed by atoms with van der Waals surface area (Å²) in [6.07, 6.45) is -8.86. The van der Waals surface area contributed by atoms with Gasteiger partial charge in [-0.25, -0.2) is 18.5 Å². The van der Waals surface area contributed by atoms with Crippen LogP contribution < -0.4 is 15.3 Å². The lowest BCUT2D eigenvalue weighted by atomic mass is 10.1. The number of hydrogen-bond donors (Lipinski definition) is 0. The first-order chi connectivity index (χ1) is 18.3. The van der Waals surface area contributed by atoms with Crippen LogP contribution in [0.1, 0.15) is 16.0 Å². The van der Waals surface area contributed by atoms with Crippen molar-refractivity contribution in [1.82, 2.24) is 14.1 Å². The molecule has 0 bridgehead atoms. The number of aromatic nitrogens is 3. The number of hydrogen-bond acceptors (Lipinski definition) is 5. The van der Waals surface area contributed by atoms with Gasteiger partial charge in [0.2, 0.25) is 0 Å². The summed E-state index contributed by atoms with van der Waals surface area (Å²) in [6, 6.07) is 6.63. The second kappa shape index (κ2) is 10.3. The zero-order valence-electron chi connectivity index (χ0n) is 19.3. The number of imidazole rings is 1. The molecule has 4 aromatic rings. The van der Waals surface area contributed by atoms with E-state index in [-0.39, 0.29) is 17.8 Å². The highest BCUT2D eigenvalue weighted by molar-refractivity contribution is 7.10. The Morgan fingerprint density at radius 3 is 2.33 bits per heavy atom. The van der Waals surface area contributed by atoms with Crippen LogP contribution in [0, 0.1) is 17.8 Å². The fourth-order valence-corrected chi connectivity index (χ4v) is 3.70. The molecule has 0 unspecified atom stereocenters. The Bertz CT molecular complexity index is 1630. The normalized spacial score (nSPS) is 11.6. The van der Waals surface area contributed by atoms with Gasteiger partial charge in [0.25, 0.3) is 0 Å². The SMILES string of the molecule is CN(C(=O)Oc1c(-n2ccn(C#Cc3cncs3)c2=O)cc(C(F)(F)F)cc1C(F)(F)F)c1ccc(F)cc1. The lowest BCUT2D eigenvalue weighted by molar-refractivity contribution is -0.143. The topological polar surface area (TPSA) is 69.4 Å². The number of halogens is 7. The fourth-order valence-electron chi connectivity index (χ4n) is 3.24. The van der Waals surface area contributed by atoms with Crippen LogP contribution in [0.3, 0.4) is 0 Å². The lowest BCUT2D eigenvalue weighted by Crippen LogP contribution is -2.31. The third-order valence-electron chi connectivity index (χ3n) is 5.15. The molecule has 202 valence electrons. The Balaban J connectivity index is 1.87. The van der Waals surface area contributed by atoms with E-state index in [1.807, 2.05) is 0 Å². The monoisotopic (exact) mass is 570 g/mol. The summed E-state index contributed by atoms with van der Waals surface area (Å²) in [5, 5.41) is 0. The zero-order valence-corrected chi connectivity index (χ0v) is 20.2. The molecule has 2 aromatic carbocycles. The number of ether oxygens (including phenoxy) is 1. The van der Waals surface area contributed by atoms with Crippen LogP contribution in [0.5, 0.6) is 5.75 Å². The van der Waals surface area contributed by atoms with Gasteiger partial charge in [0.05, 0.1) is 27.8 Å². The number of benzene rings is 2. The third-order valence-corrected chi connectivity index (χ3v) is 5.84. The molecule has 0 N–H and O–H groups in total. The molecule has 0 radical (unpaired) electrons. The van der Waals surface area contributed by atoms with E-state index in [0.717, 1.165) is 59.6 Å². The quantitative estimate of drug-likeness (QED) is 0.232. The van der Waals surface area contributed by atoms with Gasteiger partial charge in [-0.3, -0.25) is 14.5 Å². The number of rotatable bonds is 3. The van der Waals surface area contributed by atoms with Crippen molar-refractivity contribution in [3.8, 4) is 23.4 Å². The maximum atomic E-state index is 14.0. The van der Waals surface area contributed by atoms with Gasteiger partial charge in [0.15, 0.2) is 5.75 Å². The molecule has 0 aliphatic carbocycles. The number of thiazole rings is 1. The molecule has 4 rings (SSSR count). The average Bonchev–Trinajstić information content (AvgIpc) is 3.51. The first-order valence-electron chi connectivity index (χ1n) is 10.5. The van der Waals surface area contributed by atoms with E-state index in [9.17, 15) is 40.3 Å². The fraction of sp³-hybridized carbons (Fsp3) is 0.125. The van der Waals surface area contributed by atoms with Crippen molar-refractivity contribution in [2.24, 2.45) is 0 Å². The maximum absolute atomic E-state index is 14.0. The Hall–Kier alpha value is -4.58. The average molecular weight is 570 g/mol. The molecule has 0 aliphatic heterocycles. The predicted molar refractivity (Wildman–Crippen MR) is 125 cm³/mol. The molecule has 1 amide bonds. The highest BCUT2D eigenvalue weighted by Gasteiger charge is 2.42. The summed E-state index contributed by atoms with van der Waals surface area (Å²) in [6.45, 7) is 0. The molecule has 0 atom stereocenters. The summed E-state index contributed by atoms with van der Waals surface area (Å²) < 4.78 is 102. The van der Waals surface area contributed by atoms with Crippen LogP contribution in [-0.4, -0.2) is 27.3 Å². The van der Waals surface area contributed by atoms with Crippen molar-refractivity contribution >= 4 is 23.1 Å². The summed E-state index contributed by atoms with van der Waals surface area (Å²) in [7, 11) is 1.09. The van der Waals surface area contributed by atoms with E-state index in [1.54, 1.807) is 0 Å². The Labute approximate surface area is 218 Å². The molecule has 7 nitrogen and oxygen atoms in total. The van der Waals surface area contributed by atoms with Crippen LogP contribution in [0.4, 0.5) is 41.2 Å².